The Kier molecular flexibility index (Phi) is 6.00. The second-order valence-corrected chi connectivity index (χ2v) is 8.97. The van der Waals surface area contributed by atoms with Gasteiger partial charge in [-0.1, -0.05) is 48.2 Å². The van der Waals surface area contributed by atoms with Crippen LogP contribution in [0.4, 0.5) is 5.69 Å². The molecule has 0 aliphatic carbocycles. The number of carbonyl (C=O) groups excluding carboxylic acids is 1. The molecule has 0 saturated carbocycles. The fourth-order valence-corrected chi connectivity index (χ4v) is 4.77. The predicted molar refractivity (Wildman–Crippen MR) is 138 cm³/mol. The van der Waals surface area contributed by atoms with Crippen LogP contribution < -0.4 is 15.6 Å². The van der Waals surface area contributed by atoms with E-state index in [1.165, 1.54) is 11.8 Å². The summed E-state index contributed by atoms with van der Waals surface area (Å²) >= 11 is 1.25. The number of benzene rings is 3. The Morgan fingerprint density at radius 1 is 1.00 bits per heavy atom. The van der Waals surface area contributed by atoms with Crippen molar-refractivity contribution in [3.05, 3.63) is 88.2 Å². The number of ether oxygens (including phenoxy) is 1. The number of aromatic nitrogens is 4. The molecule has 1 N–H and O–H groups in total. The topological polar surface area (TPSA) is 90.5 Å². The van der Waals surface area contributed by atoms with Crippen LogP contribution in [0.25, 0.3) is 22.4 Å². The number of hydrogen-bond donors (Lipinski definition) is 1. The SMILES string of the molecule is COc1ccccc1NC(=O)CSc1nnc2n(-c3cccc(C)c3C)c(=O)c3ccccc3n12. The summed E-state index contributed by atoms with van der Waals surface area (Å²) in [5, 5.41) is 12.7. The van der Waals surface area contributed by atoms with E-state index in [0.717, 1.165) is 16.8 Å². The smallest absolute Gasteiger partial charge is 0.267 e. The van der Waals surface area contributed by atoms with Gasteiger partial charge in [0.2, 0.25) is 11.7 Å². The van der Waals surface area contributed by atoms with E-state index in [9.17, 15) is 9.59 Å². The van der Waals surface area contributed by atoms with Gasteiger partial charge in [0.15, 0.2) is 5.16 Å². The molecule has 2 aromatic heterocycles. The lowest BCUT2D eigenvalue weighted by atomic mass is 10.1. The van der Waals surface area contributed by atoms with Gasteiger partial charge in [0.1, 0.15) is 5.75 Å². The Bertz CT molecular complexity index is 1640. The Morgan fingerprint density at radius 3 is 2.60 bits per heavy atom. The minimum Gasteiger partial charge on any atom is -0.495 e. The van der Waals surface area contributed by atoms with Gasteiger partial charge in [0.05, 0.1) is 35.1 Å². The van der Waals surface area contributed by atoms with Crippen LogP contribution in [0.3, 0.4) is 0 Å². The van der Waals surface area contributed by atoms with E-state index in [0.29, 0.717) is 33.3 Å². The van der Waals surface area contributed by atoms with Crippen LogP contribution in [0.15, 0.2) is 76.7 Å². The molecule has 0 aliphatic rings. The number of anilines is 1. The highest BCUT2D eigenvalue weighted by molar-refractivity contribution is 7.99. The van der Waals surface area contributed by atoms with Crippen molar-refractivity contribution in [2.24, 2.45) is 0 Å². The molecule has 0 spiro atoms. The van der Waals surface area contributed by atoms with Gasteiger partial charge in [-0.2, -0.15) is 0 Å². The van der Waals surface area contributed by atoms with Crippen molar-refractivity contribution in [2.45, 2.75) is 19.0 Å². The third-order valence-corrected chi connectivity index (χ3v) is 6.85. The van der Waals surface area contributed by atoms with Crippen LogP contribution in [-0.2, 0) is 4.79 Å². The fraction of sp³-hybridized carbons (Fsp3) is 0.154. The van der Waals surface area contributed by atoms with Gasteiger partial charge in [0.25, 0.3) is 5.56 Å². The molecule has 0 bridgehead atoms. The quantitative estimate of drug-likeness (QED) is 0.359. The van der Waals surface area contributed by atoms with Crippen LogP contribution in [0.5, 0.6) is 5.75 Å². The zero-order chi connectivity index (χ0) is 24.5. The van der Waals surface area contributed by atoms with Crippen molar-refractivity contribution >= 4 is 40.0 Å². The molecule has 35 heavy (non-hydrogen) atoms. The molecule has 8 nitrogen and oxygen atoms in total. The van der Waals surface area contributed by atoms with Crippen LogP contribution in [-0.4, -0.2) is 37.9 Å². The lowest BCUT2D eigenvalue weighted by Crippen LogP contribution is -2.22. The van der Waals surface area contributed by atoms with Crippen molar-refractivity contribution in [1.82, 2.24) is 19.2 Å². The number of nitrogens with zero attached hydrogens (tertiary/aromatic N) is 4. The van der Waals surface area contributed by atoms with Crippen molar-refractivity contribution in [1.29, 1.82) is 0 Å². The van der Waals surface area contributed by atoms with Crippen molar-refractivity contribution in [3.8, 4) is 11.4 Å². The minimum absolute atomic E-state index is 0.107. The number of thioether (sulfide) groups is 1. The number of para-hydroxylation sites is 3. The van der Waals surface area contributed by atoms with Crippen molar-refractivity contribution in [2.75, 3.05) is 18.2 Å². The Labute approximate surface area is 205 Å². The molecule has 0 aliphatic heterocycles. The van der Waals surface area contributed by atoms with Crippen LogP contribution >= 0.6 is 11.8 Å². The third kappa shape index (κ3) is 4.04. The van der Waals surface area contributed by atoms with E-state index >= 15 is 0 Å². The van der Waals surface area contributed by atoms with Crippen LogP contribution in [0.2, 0.25) is 0 Å². The minimum atomic E-state index is -0.205. The highest BCUT2D eigenvalue weighted by Crippen LogP contribution is 2.26. The first-order chi connectivity index (χ1) is 17.0. The van der Waals surface area contributed by atoms with Gasteiger partial charge < -0.3 is 10.1 Å². The molecule has 0 fully saturated rings. The monoisotopic (exact) mass is 485 g/mol. The largest absolute Gasteiger partial charge is 0.495 e. The first kappa shape index (κ1) is 22.7. The van der Waals surface area contributed by atoms with E-state index in [-0.39, 0.29) is 17.2 Å². The first-order valence-electron chi connectivity index (χ1n) is 11.0. The molecule has 0 atom stereocenters. The number of aryl methyl sites for hydroxylation is 1. The van der Waals surface area contributed by atoms with Gasteiger partial charge >= 0.3 is 0 Å². The highest BCUT2D eigenvalue weighted by Gasteiger charge is 2.20. The van der Waals surface area contributed by atoms with E-state index in [2.05, 4.69) is 15.5 Å². The maximum absolute atomic E-state index is 13.5. The maximum atomic E-state index is 13.5. The fourth-order valence-electron chi connectivity index (χ4n) is 4.03. The third-order valence-electron chi connectivity index (χ3n) is 5.93. The number of nitrogens with one attached hydrogen (secondary N) is 1. The van der Waals surface area contributed by atoms with Gasteiger partial charge in [-0.25, -0.2) is 4.57 Å². The van der Waals surface area contributed by atoms with Gasteiger partial charge in [-0.3, -0.25) is 14.0 Å². The number of hydrogen-bond acceptors (Lipinski definition) is 6. The normalized spacial score (nSPS) is 11.2. The molecule has 2 heterocycles. The molecular formula is C26H23N5O3S. The summed E-state index contributed by atoms with van der Waals surface area (Å²) in [6.07, 6.45) is 0. The summed E-state index contributed by atoms with van der Waals surface area (Å²) in [7, 11) is 1.56. The Morgan fingerprint density at radius 2 is 1.77 bits per heavy atom. The van der Waals surface area contributed by atoms with Crippen LogP contribution in [0.1, 0.15) is 11.1 Å². The second-order valence-electron chi connectivity index (χ2n) is 8.03. The summed E-state index contributed by atoms with van der Waals surface area (Å²) in [6, 6.07) is 20.4. The summed E-state index contributed by atoms with van der Waals surface area (Å²) in [6.45, 7) is 3.99. The molecule has 1 amide bonds. The van der Waals surface area contributed by atoms with E-state index in [1.807, 2.05) is 66.8 Å². The lowest BCUT2D eigenvalue weighted by molar-refractivity contribution is -0.113. The maximum Gasteiger partial charge on any atom is 0.267 e. The molecule has 176 valence electrons. The Balaban J connectivity index is 1.57. The predicted octanol–water partition coefficient (Wildman–Crippen LogP) is 4.39. The standard InChI is InChI=1S/C26H23N5O3S/c1-16-9-8-13-20(17(16)2)30-24(33)18-10-4-6-12-21(18)31-25(30)28-29-26(31)35-15-23(32)27-19-11-5-7-14-22(19)34-3/h4-14H,15H2,1-3H3,(H,27,32). The number of methoxy groups -OCH3 is 1. The molecule has 9 heteroatoms. The summed E-state index contributed by atoms with van der Waals surface area (Å²) in [5.74, 6) is 0.885. The molecule has 0 saturated heterocycles. The van der Waals surface area contributed by atoms with Gasteiger partial charge in [0, 0.05) is 0 Å². The first-order valence-corrected chi connectivity index (χ1v) is 12.0. The molecule has 3 aromatic carbocycles. The number of carbonyl (C=O) groups is 1. The zero-order valence-corrected chi connectivity index (χ0v) is 20.3. The van der Waals surface area contributed by atoms with Gasteiger partial charge in [-0.15, -0.1) is 10.2 Å². The lowest BCUT2D eigenvalue weighted by Gasteiger charge is -2.14. The van der Waals surface area contributed by atoms with Crippen molar-refractivity contribution in [3.63, 3.8) is 0 Å². The molecule has 0 unspecified atom stereocenters. The number of fused-ring (bicyclic) bond motifs is 3. The highest BCUT2D eigenvalue weighted by atomic mass is 32.2. The average Bonchev–Trinajstić information content (AvgIpc) is 3.29. The zero-order valence-electron chi connectivity index (χ0n) is 19.5. The summed E-state index contributed by atoms with van der Waals surface area (Å²) in [4.78, 5) is 26.2. The van der Waals surface area contributed by atoms with Crippen LogP contribution in [0, 0.1) is 13.8 Å². The van der Waals surface area contributed by atoms with Crippen molar-refractivity contribution < 1.29 is 9.53 Å². The number of amides is 1. The average molecular weight is 486 g/mol. The summed E-state index contributed by atoms with van der Waals surface area (Å²) < 4.78 is 8.73. The molecular weight excluding hydrogens is 462 g/mol. The van der Waals surface area contributed by atoms with E-state index < -0.39 is 0 Å². The molecule has 5 rings (SSSR count). The second kappa shape index (κ2) is 9.27. The molecule has 0 radical (unpaired) electrons. The van der Waals surface area contributed by atoms with E-state index in [1.54, 1.807) is 29.9 Å². The number of rotatable bonds is 6. The Hall–Kier alpha value is -4.11. The summed E-state index contributed by atoms with van der Waals surface area (Å²) in [5.41, 5.74) is 3.93. The molecule has 5 aromatic rings. The van der Waals surface area contributed by atoms with Gasteiger partial charge in [-0.05, 0) is 55.3 Å². The van der Waals surface area contributed by atoms with E-state index in [4.69, 9.17) is 4.74 Å².